The van der Waals surface area contributed by atoms with Crippen molar-refractivity contribution in [3.8, 4) is 5.75 Å². The van der Waals surface area contributed by atoms with Crippen molar-refractivity contribution in [1.29, 1.82) is 0 Å². The fraction of sp³-hybridized carbons (Fsp3) is 0.189. The Morgan fingerprint density at radius 3 is 2.05 bits per heavy atom. The summed E-state index contributed by atoms with van der Waals surface area (Å²) < 4.78 is 11.1. The van der Waals surface area contributed by atoms with Crippen LogP contribution in [0, 0.1) is 0 Å². The molecule has 6 nitrogen and oxygen atoms in total. The third-order valence-corrected chi connectivity index (χ3v) is 8.06. The minimum Gasteiger partial charge on any atom is -0.494 e. The van der Waals surface area contributed by atoms with Gasteiger partial charge in [-0.3, -0.25) is 4.79 Å². The van der Waals surface area contributed by atoms with Crippen molar-refractivity contribution >= 4 is 11.9 Å². The maximum Gasteiger partial charge on any atom is 0.337 e. The minimum absolute atomic E-state index is 0.0964. The number of aromatic nitrogens is 1. The molecule has 0 aliphatic heterocycles. The smallest absolute Gasteiger partial charge is 0.337 e. The highest BCUT2D eigenvalue weighted by molar-refractivity contribution is 5.93. The van der Waals surface area contributed by atoms with Crippen LogP contribution in [0.2, 0.25) is 0 Å². The minimum atomic E-state index is -0.487. The van der Waals surface area contributed by atoms with Crippen LogP contribution in [0.5, 0.6) is 5.75 Å². The Morgan fingerprint density at radius 2 is 1.47 bits per heavy atom. The van der Waals surface area contributed by atoms with Gasteiger partial charge >= 0.3 is 5.97 Å². The Hall–Kier alpha value is -5.10. The van der Waals surface area contributed by atoms with E-state index in [4.69, 9.17) is 15.2 Å². The van der Waals surface area contributed by atoms with Crippen LogP contribution in [0.1, 0.15) is 68.3 Å². The third-order valence-electron chi connectivity index (χ3n) is 8.06. The van der Waals surface area contributed by atoms with Crippen molar-refractivity contribution in [1.82, 2.24) is 4.98 Å². The summed E-state index contributed by atoms with van der Waals surface area (Å²) in [6.07, 6.45) is 4.22. The average molecular weight is 573 g/mol. The van der Waals surface area contributed by atoms with Gasteiger partial charge in [0.05, 0.1) is 19.3 Å². The molecule has 1 atom stereocenters. The molecular formula is C37H36N2O4. The molecule has 3 N–H and O–H groups in total. The topological polar surface area (TPSA) is 94.4 Å². The molecular weight excluding hydrogens is 536 g/mol. The summed E-state index contributed by atoms with van der Waals surface area (Å²) in [7, 11) is 1.39. The number of esters is 1. The van der Waals surface area contributed by atoms with E-state index in [-0.39, 0.29) is 11.9 Å². The lowest BCUT2D eigenvalue weighted by Gasteiger charge is -2.38. The molecule has 0 spiro atoms. The lowest BCUT2D eigenvalue weighted by atomic mass is 9.66. The van der Waals surface area contributed by atoms with Crippen LogP contribution in [0.4, 0.5) is 0 Å². The first-order valence-electron chi connectivity index (χ1n) is 14.5. The predicted octanol–water partition coefficient (Wildman–Crippen LogP) is 7.27. The van der Waals surface area contributed by atoms with Crippen LogP contribution in [-0.2, 0) is 10.2 Å². The average Bonchev–Trinajstić information content (AvgIpc) is 3.61. The van der Waals surface area contributed by atoms with Gasteiger partial charge in [0, 0.05) is 28.8 Å². The molecule has 0 saturated heterocycles. The summed E-state index contributed by atoms with van der Waals surface area (Å²) in [4.78, 5) is 27.5. The van der Waals surface area contributed by atoms with E-state index in [1.807, 2.05) is 54.7 Å². The fourth-order valence-electron chi connectivity index (χ4n) is 5.89. The van der Waals surface area contributed by atoms with E-state index in [0.29, 0.717) is 23.5 Å². The molecule has 0 aliphatic carbocycles. The highest BCUT2D eigenvalue weighted by Gasteiger charge is 2.38. The summed E-state index contributed by atoms with van der Waals surface area (Å²) in [5.41, 5.74) is 10.6. The van der Waals surface area contributed by atoms with Gasteiger partial charge in [0.15, 0.2) is 0 Å². The Bertz CT molecular complexity index is 1580. The zero-order chi connectivity index (χ0) is 30.1. The Kier molecular flexibility index (Phi) is 9.37. The van der Waals surface area contributed by atoms with E-state index in [2.05, 4.69) is 59.6 Å². The standard InChI is InChI=1S/C37H36N2O4/c1-42-36(41)29-18-20-31(21-19-29)37(34-17-9-23-39-34,22-10-24-43-32-16-8-15-30(25-32)35(38)40)26-33(27-11-4-2-5-12-27)28-13-6-3-7-14-28/h2-9,11-21,23,25,33,39H,10,22,24,26H2,1H3,(H2,38,40). The van der Waals surface area contributed by atoms with E-state index in [0.717, 1.165) is 30.5 Å². The summed E-state index contributed by atoms with van der Waals surface area (Å²) in [6, 6.07) is 40.0. The number of nitrogens with two attached hydrogens (primary N) is 1. The lowest BCUT2D eigenvalue weighted by Crippen LogP contribution is -2.32. The molecule has 1 amide bonds. The molecule has 1 unspecified atom stereocenters. The highest BCUT2D eigenvalue weighted by Crippen LogP contribution is 2.46. The number of carbonyl (C=O) groups is 2. The molecule has 5 rings (SSSR count). The molecule has 5 aromatic rings. The van der Waals surface area contributed by atoms with Crippen LogP contribution in [0.25, 0.3) is 0 Å². The molecule has 218 valence electrons. The summed E-state index contributed by atoms with van der Waals surface area (Å²) in [5.74, 6) is -0.149. The molecule has 0 aliphatic rings. The van der Waals surface area contributed by atoms with E-state index < -0.39 is 11.3 Å². The second-order valence-electron chi connectivity index (χ2n) is 10.7. The van der Waals surface area contributed by atoms with Crippen LogP contribution in [0.15, 0.2) is 128 Å². The summed E-state index contributed by atoms with van der Waals surface area (Å²) in [5, 5.41) is 0. The second kappa shape index (κ2) is 13.7. The number of rotatable bonds is 13. The van der Waals surface area contributed by atoms with Crippen LogP contribution in [-0.4, -0.2) is 30.6 Å². The molecule has 1 heterocycles. The van der Waals surface area contributed by atoms with Gasteiger partial charge in [-0.05, 0) is 78.4 Å². The van der Waals surface area contributed by atoms with Gasteiger partial charge in [-0.25, -0.2) is 4.79 Å². The number of carbonyl (C=O) groups excluding carboxylic acids is 2. The monoisotopic (exact) mass is 572 g/mol. The first-order valence-corrected chi connectivity index (χ1v) is 14.5. The summed E-state index contributed by atoms with van der Waals surface area (Å²) in [6.45, 7) is 0.451. The van der Waals surface area contributed by atoms with Gasteiger partial charge in [0.1, 0.15) is 5.75 Å². The Labute approximate surface area is 252 Å². The molecule has 6 heteroatoms. The van der Waals surface area contributed by atoms with Gasteiger partial charge in [0.25, 0.3) is 0 Å². The Morgan fingerprint density at radius 1 is 0.791 bits per heavy atom. The van der Waals surface area contributed by atoms with E-state index in [9.17, 15) is 9.59 Å². The maximum atomic E-state index is 12.3. The fourth-order valence-corrected chi connectivity index (χ4v) is 5.89. The normalized spacial score (nSPS) is 12.4. The third kappa shape index (κ3) is 6.87. The van der Waals surface area contributed by atoms with Gasteiger partial charge in [-0.2, -0.15) is 0 Å². The highest BCUT2D eigenvalue weighted by atomic mass is 16.5. The number of amides is 1. The van der Waals surface area contributed by atoms with Crippen molar-refractivity contribution < 1.29 is 19.1 Å². The van der Waals surface area contributed by atoms with Gasteiger partial charge in [-0.1, -0.05) is 78.9 Å². The first kappa shape index (κ1) is 29.4. The van der Waals surface area contributed by atoms with Crippen molar-refractivity contribution in [3.05, 3.63) is 161 Å². The van der Waals surface area contributed by atoms with Crippen molar-refractivity contribution in [2.75, 3.05) is 13.7 Å². The van der Waals surface area contributed by atoms with E-state index >= 15 is 0 Å². The maximum absolute atomic E-state index is 12.3. The SMILES string of the molecule is COC(=O)c1ccc(C(CCCOc2cccc(C(N)=O)c2)(CC(c2ccccc2)c2ccccc2)c2ccc[nH]2)cc1. The molecule has 0 bridgehead atoms. The zero-order valence-corrected chi connectivity index (χ0v) is 24.2. The molecule has 4 aromatic carbocycles. The number of H-pyrrole nitrogens is 1. The number of hydrogen-bond acceptors (Lipinski definition) is 4. The Balaban J connectivity index is 1.54. The number of ether oxygens (including phenoxy) is 2. The lowest BCUT2D eigenvalue weighted by molar-refractivity contribution is 0.0600. The molecule has 0 radical (unpaired) electrons. The van der Waals surface area contributed by atoms with Gasteiger partial charge < -0.3 is 20.2 Å². The second-order valence-corrected chi connectivity index (χ2v) is 10.7. The first-order chi connectivity index (χ1) is 21.0. The van der Waals surface area contributed by atoms with Crippen molar-refractivity contribution in [2.24, 2.45) is 5.73 Å². The van der Waals surface area contributed by atoms with E-state index in [1.54, 1.807) is 18.2 Å². The number of nitrogens with one attached hydrogen (secondary N) is 1. The van der Waals surface area contributed by atoms with Crippen molar-refractivity contribution in [2.45, 2.75) is 30.6 Å². The van der Waals surface area contributed by atoms with Crippen LogP contribution >= 0.6 is 0 Å². The predicted molar refractivity (Wildman–Crippen MR) is 168 cm³/mol. The van der Waals surface area contributed by atoms with Gasteiger partial charge in [-0.15, -0.1) is 0 Å². The quantitative estimate of drug-likeness (QED) is 0.115. The number of benzene rings is 4. The number of hydrogen-bond donors (Lipinski definition) is 2. The number of aromatic amines is 1. The van der Waals surface area contributed by atoms with E-state index in [1.165, 1.54) is 18.2 Å². The number of methoxy groups -OCH3 is 1. The molecule has 0 fully saturated rings. The largest absolute Gasteiger partial charge is 0.494 e. The summed E-state index contributed by atoms with van der Waals surface area (Å²) >= 11 is 0. The van der Waals surface area contributed by atoms with Crippen LogP contribution in [0.3, 0.4) is 0 Å². The number of primary amides is 1. The molecule has 1 aromatic heterocycles. The molecule has 43 heavy (non-hydrogen) atoms. The van der Waals surface area contributed by atoms with Crippen molar-refractivity contribution in [3.63, 3.8) is 0 Å². The van der Waals surface area contributed by atoms with Crippen LogP contribution < -0.4 is 10.5 Å². The molecule has 0 saturated carbocycles. The van der Waals surface area contributed by atoms with Gasteiger partial charge in [0.2, 0.25) is 5.91 Å². The zero-order valence-electron chi connectivity index (χ0n) is 24.2.